The van der Waals surface area contributed by atoms with E-state index in [9.17, 15) is 0 Å². The van der Waals surface area contributed by atoms with Gasteiger partial charge in [0.2, 0.25) is 0 Å². The molecule has 0 fully saturated rings. The Hall–Kier alpha value is -1.16. The summed E-state index contributed by atoms with van der Waals surface area (Å²) in [5, 5.41) is 0.758. The van der Waals surface area contributed by atoms with E-state index in [2.05, 4.69) is 19.1 Å². The van der Waals surface area contributed by atoms with E-state index in [1.807, 2.05) is 30.3 Å². The summed E-state index contributed by atoms with van der Waals surface area (Å²) in [6, 6.07) is 14.1. The van der Waals surface area contributed by atoms with Gasteiger partial charge in [-0.25, -0.2) is 0 Å². The van der Waals surface area contributed by atoms with Crippen LogP contribution < -0.4 is 10.5 Å². The summed E-state index contributed by atoms with van der Waals surface area (Å²) in [6.07, 6.45) is 0.811. The molecule has 2 aromatic carbocycles. The minimum atomic E-state index is 0.0846. The third-order valence-corrected chi connectivity index (χ3v) is 4.65. The highest BCUT2D eigenvalue weighted by Gasteiger charge is 2.10. The first-order chi connectivity index (χ1) is 10.1. The van der Waals surface area contributed by atoms with E-state index in [0.717, 1.165) is 22.9 Å². The number of hydrogen-bond acceptors (Lipinski definition) is 3. The van der Waals surface area contributed by atoms with E-state index >= 15 is 0 Å². The minimum absolute atomic E-state index is 0.0846. The van der Waals surface area contributed by atoms with Gasteiger partial charge in [-0.05, 0) is 49.2 Å². The zero-order valence-electron chi connectivity index (χ0n) is 12.3. The van der Waals surface area contributed by atoms with Gasteiger partial charge in [0.05, 0.1) is 7.11 Å². The van der Waals surface area contributed by atoms with Crippen LogP contribution in [0.3, 0.4) is 0 Å². The predicted molar refractivity (Wildman–Crippen MR) is 91.6 cm³/mol. The lowest BCUT2D eigenvalue weighted by Gasteiger charge is -2.14. The molecule has 0 saturated heterocycles. The van der Waals surface area contributed by atoms with Crippen LogP contribution >= 0.6 is 23.4 Å². The topological polar surface area (TPSA) is 35.2 Å². The molecule has 4 heteroatoms. The Labute approximate surface area is 135 Å². The number of hydrogen-bond donors (Lipinski definition) is 1. The first-order valence-electron chi connectivity index (χ1n) is 6.86. The number of methoxy groups -OCH3 is 1. The van der Waals surface area contributed by atoms with Gasteiger partial charge in [-0.2, -0.15) is 0 Å². The van der Waals surface area contributed by atoms with Gasteiger partial charge in [-0.1, -0.05) is 29.3 Å². The van der Waals surface area contributed by atoms with Gasteiger partial charge in [0, 0.05) is 21.7 Å². The fourth-order valence-corrected chi connectivity index (χ4v) is 3.12. The van der Waals surface area contributed by atoms with E-state index in [0.29, 0.717) is 0 Å². The molecular weight excluding hydrogens is 302 g/mol. The van der Waals surface area contributed by atoms with Crippen molar-refractivity contribution < 1.29 is 4.74 Å². The number of ether oxygens (including phenoxy) is 1. The van der Waals surface area contributed by atoms with E-state index in [1.165, 1.54) is 16.0 Å². The molecule has 2 aromatic rings. The average molecular weight is 322 g/mol. The van der Waals surface area contributed by atoms with Crippen molar-refractivity contribution in [2.45, 2.75) is 24.3 Å². The van der Waals surface area contributed by atoms with E-state index in [1.54, 1.807) is 18.9 Å². The minimum Gasteiger partial charge on any atom is -0.496 e. The molecule has 0 radical (unpaired) electrons. The molecule has 0 spiro atoms. The molecule has 0 aliphatic carbocycles. The van der Waals surface area contributed by atoms with Crippen molar-refractivity contribution in [2.75, 3.05) is 12.9 Å². The molecule has 0 bridgehead atoms. The van der Waals surface area contributed by atoms with E-state index in [-0.39, 0.29) is 6.04 Å². The number of rotatable bonds is 6. The van der Waals surface area contributed by atoms with Gasteiger partial charge in [-0.3, -0.25) is 0 Å². The van der Waals surface area contributed by atoms with Gasteiger partial charge < -0.3 is 10.5 Å². The fourth-order valence-electron chi connectivity index (χ4n) is 2.14. The lowest BCUT2D eigenvalue weighted by molar-refractivity contribution is 0.408. The van der Waals surface area contributed by atoms with Crippen LogP contribution in [0.25, 0.3) is 0 Å². The summed E-state index contributed by atoms with van der Waals surface area (Å²) >= 11 is 7.63. The SMILES string of the molecule is COc1ccc(C)cc1CC(N)CSc1ccc(Cl)cc1. The molecule has 112 valence electrons. The van der Waals surface area contributed by atoms with Crippen LogP contribution in [-0.4, -0.2) is 18.9 Å². The molecule has 0 heterocycles. The highest BCUT2D eigenvalue weighted by atomic mass is 35.5. The molecule has 2 nitrogen and oxygen atoms in total. The van der Waals surface area contributed by atoms with Crippen molar-refractivity contribution in [1.29, 1.82) is 0 Å². The largest absolute Gasteiger partial charge is 0.496 e. The molecule has 0 saturated carbocycles. The number of thioether (sulfide) groups is 1. The normalized spacial score (nSPS) is 12.2. The number of nitrogens with two attached hydrogens (primary N) is 1. The van der Waals surface area contributed by atoms with Crippen molar-refractivity contribution in [1.82, 2.24) is 0 Å². The quantitative estimate of drug-likeness (QED) is 0.805. The first-order valence-corrected chi connectivity index (χ1v) is 8.22. The molecular formula is C17H20ClNOS. The van der Waals surface area contributed by atoms with Gasteiger partial charge in [0.15, 0.2) is 0 Å². The Morgan fingerprint density at radius 2 is 1.90 bits per heavy atom. The fraction of sp³-hybridized carbons (Fsp3) is 0.294. The van der Waals surface area contributed by atoms with Crippen LogP contribution in [0.15, 0.2) is 47.4 Å². The molecule has 0 aliphatic heterocycles. The van der Waals surface area contributed by atoms with Gasteiger partial charge in [-0.15, -0.1) is 11.8 Å². The van der Waals surface area contributed by atoms with Gasteiger partial charge in [0.1, 0.15) is 5.75 Å². The first kappa shape index (κ1) is 16.2. The molecule has 1 atom stereocenters. The van der Waals surface area contributed by atoms with Crippen LogP contribution in [0.4, 0.5) is 0 Å². The zero-order chi connectivity index (χ0) is 15.2. The van der Waals surface area contributed by atoms with Crippen LogP contribution in [0.2, 0.25) is 5.02 Å². The van der Waals surface area contributed by atoms with Crippen LogP contribution in [0, 0.1) is 6.92 Å². The van der Waals surface area contributed by atoms with Crippen molar-refractivity contribution in [3.05, 3.63) is 58.6 Å². The number of halogens is 1. The maximum atomic E-state index is 6.25. The molecule has 0 amide bonds. The van der Waals surface area contributed by atoms with Crippen molar-refractivity contribution in [3.8, 4) is 5.75 Å². The molecule has 2 N–H and O–H groups in total. The smallest absolute Gasteiger partial charge is 0.122 e. The number of benzene rings is 2. The molecule has 1 unspecified atom stereocenters. The molecule has 21 heavy (non-hydrogen) atoms. The average Bonchev–Trinajstić information content (AvgIpc) is 2.47. The van der Waals surface area contributed by atoms with E-state index < -0.39 is 0 Å². The molecule has 0 aromatic heterocycles. The lowest BCUT2D eigenvalue weighted by atomic mass is 10.0. The Kier molecular flexibility index (Phi) is 5.97. The predicted octanol–water partition coefficient (Wildman–Crippen LogP) is 4.32. The second kappa shape index (κ2) is 7.74. The maximum Gasteiger partial charge on any atom is 0.122 e. The highest BCUT2D eigenvalue weighted by molar-refractivity contribution is 7.99. The summed E-state index contributed by atoms with van der Waals surface area (Å²) in [4.78, 5) is 1.19. The Morgan fingerprint density at radius 1 is 1.19 bits per heavy atom. The van der Waals surface area contributed by atoms with Crippen LogP contribution in [0.1, 0.15) is 11.1 Å². The summed E-state index contributed by atoms with van der Waals surface area (Å²) < 4.78 is 5.40. The Balaban J connectivity index is 1.94. The Bertz CT molecular complexity index is 586. The monoisotopic (exact) mass is 321 g/mol. The summed E-state index contributed by atoms with van der Waals surface area (Å²) in [5.41, 5.74) is 8.65. The highest BCUT2D eigenvalue weighted by Crippen LogP contribution is 2.24. The maximum absolute atomic E-state index is 6.25. The zero-order valence-corrected chi connectivity index (χ0v) is 13.9. The van der Waals surface area contributed by atoms with Crippen LogP contribution in [0.5, 0.6) is 5.75 Å². The van der Waals surface area contributed by atoms with Crippen LogP contribution in [-0.2, 0) is 6.42 Å². The van der Waals surface area contributed by atoms with Crippen molar-refractivity contribution in [3.63, 3.8) is 0 Å². The van der Waals surface area contributed by atoms with Gasteiger partial charge >= 0.3 is 0 Å². The van der Waals surface area contributed by atoms with Crippen molar-refractivity contribution in [2.24, 2.45) is 5.73 Å². The van der Waals surface area contributed by atoms with Gasteiger partial charge in [0.25, 0.3) is 0 Å². The summed E-state index contributed by atoms with van der Waals surface area (Å²) in [5.74, 6) is 1.77. The Morgan fingerprint density at radius 3 is 2.57 bits per heavy atom. The molecule has 0 aliphatic rings. The molecule has 2 rings (SSSR count). The standard InChI is InChI=1S/C17H20ClNOS/c1-12-3-8-17(20-2)13(9-12)10-15(19)11-21-16-6-4-14(18)5-7-16/h3-9,15H,10-11,19H2,1-2H3. The van der Waals surface area contributed by atoms with E-state index in [4.69, 9.17) is 22.1 Å². The summed E-state index contributed by atoms with van der Waals surface area (Å²) in [6.45, 7) is 2.08. The third-order valence-electron chi connectivity index (χ3n) is 3.20. The number of aryl methyl sites for hydroxylation is 1. The van der Waals surface area contributed by atoms with Crippen molar-refractivity contribution >= 4 is 23.4 Å². The third kappa shape index (κ3) is 4.95. The summed E-state index contributed by atoms with van der Waals surface area (Å²) in [7, 11) is 1.70. The second-order valence-corrected chi connectivity index (χ2v) is 6.57. The lowest BCUT2D eigenvalue weighted by Crippen LogP contribution is -2.25. The second-order valence-electron chi connectivity index (χ2n) is 5.04.